The molecule has 0 radical (unpaired) electrons. The van der Waals surface area contributed by atoms with Gasteiger partial charge >= 0.3 is 0 Å². The molecule has 2 aromatic heterocycles. The molecule has 2 aliphatic rings. The van der Waals surface area contributed by atoms with E-state index in [0.717, 1.165) is 37.6 Å². The van der Waals surface area contributed by atoms with Crippen molar-refractivity contribution >= 4 is 28.5 Å². The number of carbonyl (C=O) groups excluding carboxylic acids is 1. The fourth-order valence-electron chi connectivity index (χ4n) is 4.67. The lowest BCUT2D eigenvalue weighted by Crippen LogP contribution is -2.47. The number of aromatic nitrogens is 2. The first-order valence-corrected chi connectivity index (χ1v) is 9.56. The molecule has 1 aliphatic carbocycles. The van der Waals surface area contributed by atoms with E-state index in [1.165, 1.54) is 11.3 Å². The van der Waals surface area contributed by atoms with Crippen molar-refractivity contribution in [2.45, 2.75) is 31.1 Å². The number of H-pyrrole nitrogens is 1. The van der Waals surface area contributed by atoms with Gasteiger partial charge in [-0.3, -0.25) is 9.89 Å². The highest BCUT2D eigenvalue weighted by Gasteiger charge is 2.44. The van der Waals surface area contributed by atoms with Gasteiger partial charge in [-0.25, -0.2) is 0 Å². The van der Waals surface area contributed by atoms with Crippen LogP contribution in [0.15, 0.2) is 28.8 Å². The number of benzene rings is 1. The Bertz CT molecular complexity index is 1040. The first-order valence-electron chi connectivity index (χ1n) is 9.19. The molecule has 1 aliphatic heterocycles. The molecule has 1 aromatic carbocycles. The van der Waals surface area contributed by atoms with Gasteiger partial charge in [-0.2, -0.15) is 5.10 Å². The van der Waals surface area contributed by atoms with Gasteiger partial charge < -0.3 is 14.1 Å². The van der Waals surface area contributed by atoms with Crippen molar-refractivity contribution in [1.82, 2.24) is 15.1 Å². The van der Waals surface area contributed by atoms with Crippen LogP contribution in [-0.2, 0) is 11.8 Å². The van der Waals surface area contributed by atoms with Crippen molar-refractivity contribution < 1.29 is 13.9 Å². The van der Waals surface area contributed by atoms with Gasteiger partial charge in [0.1, 0.15) is 0 Å². The summed E-state index contributed by atoms with van der Waals surface area (Å²) in [4.78, 5) is 15.1. The maximum absolute atomic E-state index is 13.2. The second kappa shape index (κ2) is 6.02. The number of rotatable bonds is 2. The molecule has 5 rings (SSSR count). The number of hydrogen-bond acceptors (Lipinski definition) is 4. The predicted molar refractivity (Wildman–Crippen MR) is 102 cm³/mol. The smallest absolute Gasteiger partial charge is 0.289 e. The summed E-state index contributed by atoms with van der Waals surface area (Å²) in [6, 6.07) is 5.23. The number of carbonyl (C=O) groups is 1. The van der Waals surface area contributed by atoms with E-state index in [1.54, 1.807) is 25.3 Å². The summed E-state index contributed by atoms with van der Waals surface area (Å²) < 4.78 is 11.2. The zero-order valence-corrected chi connectivity index (χ0v) is 15.8. The van der Waals surface area contributed by atoms with Crippen LogP contribution in [-0.4, -0.2) is 41.2 Å². The van der Waals surface area contributed by atoms with Crippen molar-refractivity contribution in [3.8, 4) is 5.75 Å². The second-order valence-electron chi connectivity index (χ2n) is 7.52. The first kappa shape index (κ1) is 16.7. The minimum absolute atomic E-state index is 0.00719. The van der Waals surface area contributed by atoms with E-state index in [2.05, 4.69) is 10.2 Å². The van der Waals surface area contributed by atoms with Crippen molar-refractivity contribution in [2.75, 3.05) is 20.2 Å². The van der Waals surface area contributed by atoms with Crippen LogP contribution in [0.1, 0.15) is 41.1 Å². The molecule has 140 valence electrons. The average molecular weight is 386 g/mol. The van der Waals surface area contributed by atoms with Crippen molar-refractivity contribution in [3.05, 3.63) is 46.4 Å². The summed E-state index contributed by atoms with van der Waals surface area (Å²) in [5.41, 5.74) is 3.03. The molecule has 6 nitrogen and oxygen atoms in total. The Kier molecular flexibility index (Phi) is 3.72. The maximum Gasteiger partial charge on any atom is 0.289 e. The number of aryl methyl sites for hydroxylation is 1. The number of piperidine rings is 1. The van der Waals surface area contributed by atoms with Crippen LogP contribution in [0, 0.1) is 0 Å². The van der Waals surface area contributed by atoms with Gasteiger partial charge in [0.2, 0.25) is 0 Å². The Labute approximate surface area is 161 Å². The van der Waals surface area contributed by atoms with Crippen LogP contribution in [0.5, 0.6) is 5.75 Å². The van der Waals surface area contributed by atoms with Gasteiger partial charge in [0.25, 0.3) is 5.91 Å². The molecule has 3 aromatic rings. The fraction of sp³-hybridized carbons (Fsp3) is 0.400. The Hall–Kier alpha value is -2.47. The third-order valence-electron chi connectivity index (χ3n) is 5.96. The predicted octanol–water partition coefficient (Wildman–Crippen LogP) is 3.94. The van der Waals surface area contributed by atoms with Gasteiger partial charge in [-0.1, -0.05) is 11.6 Å². The summed E-state index contributed by atoms with van der Waals surface area (Å²) in [7, 11) is 1.56. The Balaban J connectivity index is 1.47. The van der Waals surface area contributed by atoms with Crippen LogP contribution in [0.2, 0.25) is 5.02 Å². The monoisotopic (exact) mass is 385 g/mol. The number of nitrogens with zero attached hydrogens (tertiary/aromatic N) is 2. The third kappa shape index (κ3) is 2.54. The molecular formula is C20H20ClN3O3. The molecule has 1 fully saturated rings. The molecule has 1 N–H and O–H groups in total. The highest BCUT2D eigenvalue weighted by atomic mass is 35.5. The molecule has 1 unspecified atom stereocenters. The quantitative estimate of drug-likeness (QED) is 0.725. The molecule has 1 spiro atoms. The zero-order chi connectivity index (χ0) is 18.6. The molecule has 1 amide bonds. The number of halogens is 1. The molecule has 27 heavy (non-hydrogen) atoms. The van der Waals surface area contributed by atoms with Crippen molar-refractivity contribution in [2.24, 2.45) is 0 Å². The highest BCUT2D eigenvalue weighted by Crippen LogP contribution is 2.44. The molecule has 1 saturated heterocycles. The summed E-state index contributed by atoms with van der Waals surface area (Å²) in [5.74, 6) is 0.770. The van der Waals surface area contributed by atoms with Crippen LogP contribution in [0.4, 0.5) is 0 Å². The molecule has 3 heterocycles. The van der Waals surface area contributed by atoms with E-state index in [9.17, 15) is 4.79 Å². The van der Waals surface area contributed by atoms with Crippen molar-refractivity contribution in [1.29, 1.82) is 0 Å². The van der Waals surface area contributed by atoms with Gasteiger partial charge in [0.15, 0.2) is 17.1 Å². The number of ether oxygens (including phenoxy) is 1. The molecule has 7 heteroatoms. The third-order valence-corrected chi connectivity index (χ3v) is 6.18. The van der Waals surface area contributed by atoms with E-state index >= 15 is 0 Å². The number of nitrogens with one attached hydrogen (secondary N) is 1. The number of furan rings is 1. The summed E-state index contributed by atoms with van der Waals surface area (Å²) in [6.45, 7) is 1.43. The molecule has 0 saturated carbocycles. The van der Waals surface area contributed by atoms with Gasteiger partial charge in [-0.05, 0) is 43.4 Å². The zero-order valence-electron chi connectivity index (χ0n) is 15.0. The normalized spacial score (nSPS) is 21.8. The number of likely N-dealkylation sites (tertiary alicyclic amines) is 1. The number of methoxy groups -OCH3 is 1. The van der Waals surface area contributed by atoms with E-state index in [-0.39, 0.29) is 11.3 Å². The molecule has 1 atom stereocenters. The largest absolute Gasteiger partial charge is 0.493 e. The van der Waals surface area contributed by atoms with Gasteiger partial charge in [0, 0.05) is 40.7 Å². The Morgan fingerprint density at radius 1 is 1.37 bits per heavy atom. The number of fused-ring (bicyclic) bond motifs is 3. The van der Waals surface area contributed by atoms with Crippen LogP contribution >= 0.6 is 11.6 Å². The molecule has 0 bridgehead atoms. The highest BCUT2D eigenvalue weighted by molar-refractivity contribution is 6.31. The minimum Gasteiger partial charge on any atom is -0.493 e. The lowest BCUT2D eigenvalue weighted by Gasteiger charge is -2.40. The van der Waals surface area contributed by atoms with Crippen LogP contribution < -0.4 is 4.74 Å². The maximum atomic E-state index is 13.2. The lowest BCUT2D eigenvalue weighted by atomic mass is 9.77. The molecular weight excluding hydrogens is 366 g/mol. The summed E-state index contributed by atoms with van der Waals surface area (Å²) in [5, 5.41) is 8.70. The van der Waals surface area contributed by atoms with Crippen LogP contribution in [0.25, 0.3) is 11.0 Å². The number of hydrogen-bond donors (Lipinski definition) is 1. The van der Waals surface area contributed by atoms with Crippen LogP contribution in [0.3, 0.4) is 0 Å². The average Bonchev–Trinajstić information content (AvgIpc) is 3.38. The number of amides is 1. The topological polar surface area (TPSA) is 71.4 Å². The summed E-state index contributed by atoms with van der Waals surface area (Å²) >= 11 is 6.13. The fourth-order valence-corrected chi connectivity index (χ4v) is 4.89. The minimum atomic E-state index is -0.0867. The first-order chi connectivity index (χ1) is 13.1. The van der Waals surface area contributed by atoms with E-state index in [0.29, 0.717) is 28.7 Å². The summed E-state index contributed by atoms with van der Waals surface area (Å²) in [6.07, 6.45) is 6.05. The van der Waals surface area contributed by atoms with Gasteiger partial charge in [0.05, 0.1) is 13.3 Å². The van der Waals surface area contributed by atoms with E-state index in [1.807, 2.05) is 11.1 Å². The lowest BCUT2D eigenvalue weighted by molar-refractivity contribution is 0.0603. The second-order valence-corrected chi connectivity index (χ2v) is 7.95. The van der Waals surface area contributed by atoms with Gasteiger partial charge in [-0.15, -0.1) is 0 Å². The standard InChI is InChI=1S/C20H20ClN3O3/c1-26-15-9-14(21)7-13-8-16(27-17(13)15)19(25)24-6-2-4-20(11-24)5-3-12-10-22-23-18(12)20/h7-10H,2-6,11H2,1H3,(H,22,23). The SMILES string of the molecule is COc1cc(Cl)cc2cc(C(=O)N3CCCC4(CCc5cn[nH]c54)C3)oc12. The van der Waals surface area contributed by atoms with Crippen molar-refractivity contribution in [3.63, 3.8) is 0 Å². The van der Waals surface area contributed by atoms with E-state index in [4.69, 9.17) is 20.8 Å². The Morgan fingerprint density at radius 2 is 2.26 bits per heavy atom. The number of aromatic amines is 1. The van der Waals surface area contributed by atoms with E-state index < -0.39 is 0 Å². The Morgan fingerprint density at radius 3 is 3.11 bits per heavy atom.